The van der Waals surface area contributed by atoms with Gasteiger partial charge in [0.15, 0.2) is 0 Å². The number of aromatic nitrogens is 2. The molecule has 5 rings (SSSR count). The van der Waals surface area contributed by atoms with Gasteiger partial charge in [0.2, 0.25) is 0 Å². The van der Waals surface area contributed by atoms with Gasteiger partial charge in [-0.25, -0.2) is 4.98 Å². The van der Waals surface area contributed by atoms with E-state index in [1.54, 1.807) is 17.8 Å². The molecule has 2 fully saturated rings. The van der Waals surface area contributed by atoms with E-state index < -0.39 is 17.6 Å². The van der Waals surface area contributed by atoms with E-state index >= 15 is 0 Å². The highest BCUT2D eigenvalue weighted by Crippen LogP contribution is 2.37. The smallest absolute Gasteiger partial charge is 0.370 e. The summed E-state index contributed by atoms with van der Waals surface area (Å²) in [5, 5.41) is 5.33. The number of carbonyl (C=O) groups excluding carboxylic acids is 1. The number of hydrogen-bond donors (Lipinski definition) is 1. The fraction of sp³-hybridized carbons (Fsp3) is 0.393. The van der Waals surface area contributed by atoms with E-state index in [2.05, 4.69) is 32.3 Å². The fourth-order valence-electron chi connectivity index (χ4n) is 4.99. The van der Waals surface area contributed by atoms with Gasteiger partial charge >= 0.3 is 6.18 Å². The number of thiazole rings is 1. The number of pyridine rings is 1. The van der Waals surface area contributed by atoms with Crippen molar-refractivity contribution in [1.82, 2.24) is 14.9 Å². The van der Waals surface area contributed by atoms with Crippen molar-refractivity contribution in [3.8, 4) is 0 Å². The van der Waals surface area contributed by atoms with Gasteiger partial charge in [-0.05, 0) is 74.7 Å². The number of likely N-dealkylation sites (tertiary alicyclic amines) is 1. The third kappa shape index (κ3) is 6.42. The molecule has 1 amide bonds. The molecule has 2 saturated heterocycles. The quantitative estimate of drug-likeness (QED) is 0.380. The van der Waals surface area contributed by atoms with Crippen molar-refractivity contribution in [1.29, 1.82) is 0 Å². The second-order valence-electron chi connectivity index (χ2n) is 9.71. The lowest BCUT2D eigenvalue weighted by molar-refractivity contribution is -0.137. The number of hydrogen-bond acceptors (Lipinski definition) is 6. The van der Waals surface area contributed by atoms with Crippen LogP contribution in [0.15, 0.2) is 54.2 Å². The molecule has 3 aromatic rings. The Labute approximate surface area is 224 Å². The predicted molar refractivity (Wildman–Crippen MR) is 145 cm³/mol. The fourth-order valence-corrected chi connectivity index (χ4v) is 5.96. The van der Waals surface area contributed by atoms with Crippen LogP contribution in [0.1, 0.15) is 58.2 Å². The zero-order valence-corrected chi connectivity index (χ0v) is 21.8. The maximum absolute atomic E-state index is 13.4. The van der Waals surface area contributed by atoms with Gasteiger partial charge in [-0.15, -0.1) is 11.3 Å². The normalized spacial score (nSPS) is 17.4. The van der Waals surface area contributed by atoms with Gasteiger partial charge in [0.1, 0.15) is 5.69 Å². The minimum absolute atomic E-state index is 0.175. The number of anilines is 2. The summed E-state index contributed by atoms with van der Waals surface area (Å²) in [5.41, 5.74) is 1.38. The van der Waals surface area contributed by atoms with Crippen LogP contribution in [0, 0.1) is 0 Å². The van der Waals surface area contributed by atoms with Crippen LogP contribution >= 0.6 is 11.3 Å². The number of halogens is 3. The Morgan fingerprint density at radius 1 is 1.08 bits per heavy atom. The van der Waals surface area contributed by atoms with E-state index in [4.69, 9.17) is 0 Å². The predicted octanol–water partition coefficient (Wildman–Crippen LogP) is 6.30. The van der Waals surface area contributed by atoms with Crippen molar-refractivity contribution in [2.75, 3.05) is 42.9 Å². The van der Waals surface area contributed by atoms with Gasteiger partial charge in [-0.2, -0.15) is 13.2 Å². The van der Waals surface area contributed by atoms with Crippen molar-refractivity contribution in [3.05, 3.63) is 76.0 Å². The number of carbonyl (C=O) groups is 1. The van der Waals surface area contributed by atoms with Crippen molar-refractivity contribution >= 4 is 34.7 Å². The lowest BCUT2D eigenvalue weighted by Crippen LogP contribution is -2.33. The third-order valence-corrected chi connectivity index (χ3v) is 8.10. The van der Waals surface area contributed by atoms with Gasteiger partial charge in [0.25, 0.3) is 5.91 Å². The number of nitrogens with one attached hydrogen (secondary N) is 1. The number of benzene rings is 1. The van der Waals surface area contributed by atoms with E-state index in [1.807, 2.05) is 17.0 Å². The molecule has 2 aliphatic heterocycles. The van der Waals surface area contributed by atoms with Gasteiger partial charge < -0.3 is 10.2 Å². The molecule has 0 spiro atoms. The maximum Gasteiger partial charge on any atom is 0.416 e. The van der Waals surface area contributed by atoms with Gasteiger partial charge in [-0.1, -0.05) is 12.2 Å². The molecule has 0 aliphatic carbocycles. The molecular formula is C28H30F3N5OS. The highest BCUT2D eigenvalue weighted by Gasteiger charge is 2.32. The van der Waals surface area contributed by atoms with E-state index in [0.29, 0.717) is 5.69 Å². The molecule has 0 atom stereocenters. The Bertz CT molecular complexity index is 1260. The number of amides is 1. The highest BCUT2D eigenvalue weighted by atomic mass is 32.1. The van der Waals surface area contributed by atoms with Crippen LogP contribution in [0.5, 0.6) is 0 Å². The average molecular weight is 542 g/mol. The first-order valence-corrected chi connectivity index (χ1v) is 13.8. The van der Waals surface area contributed by atoms with Crippen molar-refractivity contribution < 1.29 is 18.0 Å². The summed E-state index contributed by atoms with van der Waals surface area (Å²) in [4.78, 5) is 26.1. The molecule has 0 radical (unpaired) electrons. The van der Waals surface area contributed by atoms with E-state index in [9.17, 15) is 18.0 Å². The summed E-state index contributed by atoms with van der Waals surface area (Å²) in [6.45, 7) is 4.27. The van der Waals surface area contributed by atoms with Crippen molar-refractivity contribution in [2.24, 2.45) is 0 Å². The second-order valence-corrected chi connectivity index (χ2v) is 10.6. The van der Waals surface area contributed by atoms with Crippen LogP contribution in [0.3, 0.4) is 0 Å². The number of alkyl halides is 3. The van der Waals surface area contributed by atoms with Crippen LogP contribution in [0.25, 0.3) is 6.08 Å². The lowest BCUT2D eigenvalue weighted by atomic mass is 9.97. The molecule has 38 heavy (non-hydrogen) atoms. The monoisotopic (exact) mass is 541 g/mol. The Hall–Kier alpha value is -3.24. The zero-order chi connectivity index (χ0) is 26.5. The van der Waals surface area contributed by atoms with Gasteiger partial charge in [0, 0.05) is 43.3 Å². The SMILES string of the molecule is O=C(Nc1cc(C(F)(F)F)ccc1N1CCCC1)c1csc(C2CCN(CC=Cc3ccncc3)CC2)n1. The standard InChI is InChI=1S/C28H30F3N5OS/c29-28(30,31)22-5-6-25(36-14-1-2-15-36)23(18-22)33-26(37)24-19-38-27(34-24)21-9-16-35(17-10-21)13-3-4-20-7-11-32-12-8-20/h3-8,11-12,18-19,21H,1-2,9-10,13-17H2,(H,33,37). The number of nitrogens with zero attached hydrogens (tertiary/aromatic N) is 4. The van der Waals surface area contributed by atoms with Gasteiger partial charge in [-0.3, -0.25) is 14.7 Å². The molecule has 1 N–H and O–H groups in total. The summed E-state index contributed by atoms with van der Waals surface area (Å²) in [7, 11) is 0. The second kappa shape index (κ2) is 11.7. The summed E-state index contributed by atoms with van der Waals surface area (Å²) in [6.07, 6.45) is 7.17. The van der Waals surface area contributed by atoms with E-state index in [-0.39, 0.29) is 17.3 Å². The molecule has 0 unspecified atom stereocenters. The van der Waals surface area contributed by atoms with Crippen LogP contribution in [0.4, 0.5) is 24.5 Å². The molecule has 1 aromatic carbocycles. The Balaban J connectivity index is 1.20. The van der Waals surface area contributed by atoms with Gasteiger partial charge in [0.05, 0.1) is 21.9 Å². The van der Waals surface area contributed by atoms with Crippen LogP contribution in [-0.4, -0.2) is 53.5 Å². The Kier molecular flexibility index (Phi) is 8.09. The molecule has 0 saturated carbocycles. The zero-order valence-electron chi connectivity index (χ0n) is 21.0. The van der Waals surface area contributed by atoms with Crippen molar-refractivity contribution in [2.45, 2.75) is 37.8 Å². The Morgan fingerprint density at radius 3 is 2.53 bits per heavy atom. The number of rotatable bonds is 7. The summed E-state index contributed by atoms with van der Waals surface area (Å²) in [5.74, 6) is -0.207. The highest BCUT2D eigenvalue weighted by molar-refractivity contribution is 7.10. The van der Waals surface area contributed by atoms with Crippen LogP contribution in [-0.2, 0) is 6.18 Å². The number of piperidine rings is 1. The first-order chi connectivity index (χ1) is 18.4. The topological polar surface area (TPSA) is 61.4 Å². The van der Waals surface area contributed by atoms with E-state index in [0.717, 1.165) is 81.1 Å². The first-order valence-electron chi connectivity index (χ1n) is 12.9. The molecule has 10 heteroatoms. The molecule has 4 heterocycles. The van der Waals surface area contributed by atoms with Crippen LogP contribution in [0.2, 0.25) is 0 Å². The summed E-state index contributed by atoms with van der Waals surface area (Å²) in [6, 6.07) is 7.50. The first kappa shape index (κ1) is 26.4. The van der Waals surface area contributed by atoms with E-state index in [1.165, 1.54) is 17.4 Å². The average Bonchev–Trinajstić information content (AvgIpc) is 3.62. The summed E-state index contributed by atoms with van der Waals surface area (Å²) < 4.78 is 40.1. The minimum Gasteiger partial charge on any atom is -0.370 e. The van der Waals surface area contributed by atoms with Crippen molar-refractivity contribution in [3.63, 3.8) is 0 Å². The maximum atomic E-state index is 13.4. The molecule has 0 bridgehead atoms. The molecular weight excluding hydrogens is 511 g/mol. The molecule has 6 nitrogen and oxygen atoms in total. The van der Waals surface area contributed by atoms with Crippen LogP contribution < -0.4 is 10.2 Å². The lowest BCUT2D eigenvalue weighted by Gasteiger charge is -2.30. The summed E-state index contributed by atoms with van der Waals surface area (Å²) >= 11 is 1.45. The minimum atomic E-state index is -4.49. The third-order valence-electron chi connectivity index (χ3n) is 7.09. The molecule has 200 valence electrons. The molecule has 2 aromatic heterocycles. The Morgan fingerprint density at radius 2 is 1.82 bits per heavy atom. The molecule has 2 aliphatic rings. The largest absolute Gasteiger partial charge is 0.416 e.